The Morgan fingerprint density at radius 2 is 2.33 bits per heavy atom. The third kappa shape index (κ3) is 1.05. The lowest BCUT2D eigenvalue weighted by Gasteiger charge is -1.91. The van der Waals surface area contributed by atoms with Gasteiger partial charge in [-0.05, 0) is 19.9 Å². The maximum Gasteiger partial charge on any atom is 0.259 e. The predicted molar refractivity (Wildman–Crippen MR) is 44.4 cm³/mol. The van der Waals surface area contributed by atoms with Crippen LogP contribution in [-0.2, 0) is 0 Å². The van der Waals surface area contributed by atoms with Crippen molar-refractivity contribution in [2.75, 3.05) is 0 Å². The summed E-state index contributed by atoms with van der Waals surface area (Å²) in [6, 6.07) is 0.146. The molecule has 0 amide bonds. The summed E-state index contributed by atoms with van der Waals surface area (Å²) in [4.78, 5) is 8.12. The summed E-state index contributed by atoms with van der Waals surface area (Å²) in [6.45, 7) is 3.89. The minimum Gasteiger partial charge on any atom is -0.336 e. The third-order valence-corrected chi connectivity index (χ3v) is 1.77. The second kappa shape index (κ2) is 2.55. The Morgan fingerprint density at radius 3 is 3.17 bits per heavy atom. The van der Waals surface area contributed by atoms with Gasteiger partial charge in [0.2, 0.25) is 0 Å². The first-order valence-electron chi connectivity index (χ1n) is 3.81. The maximum absolute atomic E-state index is 4.98. The number of hydrogen-bond acceptors (Lipinski definition) is 4. The van der Waals surface area contributed by atoms with Gasteiger partial charge in [-0.2, -0.15) is 4.99 Å². The van der Waals surface area contributed by atoms with E-state index in [2.05, 4.69) is 15.1 Å². The van der Waals surface area contributed by atoms with Crippen molar-refractivity contribution in [2.24, 2.45) is 9.98 Å². The molecule has 1 atom stereocenters. The van der Waals surface area contributed by atoms with Crippen LogP contribution < -0.4 is 10.8 Å². The van der Waals surface area contributed by atoms with Gasteiger partial charge >= 0.3 is 0 Å². The van der Waals surface area contributed by atoms with Gasteiger partial charge in [0.05, 0.1) is 17.0 Å². The largest absolute Gasteiger partial charge is 0.336 e. The quantitative estimate of drug-likeness (QED) is 0.532. The van der Waals surface area contributed by atoms with Crippen molar-refractivity contribution >= 4 is 12.4 Å². The van der Waals surface area contributed by atoms with Crippen molar-refractivity contribution in [1.82, 2.24) is 5.16 Å². The second-order valence-electron chi connectivity index (χ2n) is 2.79. The standard InChI is InChI=1S/C8H9N3O/c1-5-3-7-6(2)11-12-8(7)10-4-9-5/h3-5H,1-2H3. The summed E-state index contributed by atoms with van der Waals surface area (Å²) in [5, 5.41) is 4.77. The molecule has 2 heterocycles. The van der Waals surface area contributed by atoms with E-state index in [4.69, 9.17) is 4.52 Å². The molecule has 0 fully saturated rings. The molecule has 0 spiro atoms. The number of hydrogen-bond donors (Lipinski definition) is 0. The van der Waals surface area contributed by atoms with Crippen LogP contribution >= 0.6 is 0 Å². The topological polar surface area (TPSA) is 50.8 Å². The van der Waals surface area contributed by atoms with Gasteiger partial charge in [-0.1, -0.05) is 5.16 Å². The van der Waals surface area contributed by atoms with Crippen LogP contribution in [0.5, 0.6) is 0 Å². The zero-order valence-electron chi connectivity index (χ0n) is 6.98. The predicted octanol–water partition coefficient (Wildman–Crippen LogP) is -0.186. The zero-order valence-corrected chi connectivity index (χ0v) is 6.98. The number of rotatable bonds is 0. The minimum atomic E-state index is 0.146. The first-order chi connectivity index (χ1) is 5.77. The van der Waals surface area contributed by atoms with E-state index in [1.807, 2.05) is 19.9 Å². The molecule has 4 nitrogen and oxygen atoms in total. The fourth-order valence-corrected chi connectivity index (χ4v) is 1.12. The molecule has 62 valence electrons. The molecular weight excluding hydrogens is 154 g/mol. The average Bonchev–Trinajstić information content (AvgIpc) is 2.31. The molecular formula is C8H9N3O. The van der Waals surface area contributed by atoms with E-state index in [-0.39, 0.29) is 6.04 Å². The molecule has 1 aromatic rings. The summed E-state index contributed by atoms with van der Waals surface area (Å²) >= 11 is 0. The summed E-state index contributed by atoms with van der Waals surface area (Å²) in [5.41, 5.74) is 1.42. The Bertz CT molecular complexity index is 430. The Kier molecular flexibility index (Phi) is 1.53. The smallest absolute Gasteiger partial charge is 0.259 e. The Hall–Kier alpha value is -1.45. The number of fused-ring (bicyclic) bond motifs is 1. The molecule has 1 aliphatic heterocycles. The SMILES string of the molecule is Cc1noc2c1=CC(C)N=CN=2. The van der Waals surface area contributed by atoms with E-state index >= 15 is 0 Å². The van der Waals surface area contributed by atoms with Crippen molar-refractivity contribution < 1.29 is 4.52 Å². The Morgan fingerprint density at radius 1 is 1.50 bits per heavy atom. The highest BCUT2D eigenvalue weighted by atomic mass is 16.5. The van der Waals surface area contributed by atoms with E-state index < -0.39 is 0 Å². The van der Waals surface area contributed by atoms with Gasteiger partial charge < -0.3 is 4.52 Å². The van der Waals surface area contributed by atoms with Gasteiger partial charge in [-0.3, -0.25) is 4.99 Å². The number of aryl methyl sites for hydroxylation is 1. The Balaban J connectivity index is 2.79. The maximum atomic E-state index is 4.98. The van der Waals surface area contributed by atoms with Crippen LogP contribution in [0.4, 0.5) is 0 Å². The van der Waals surface area contributed by atoms with Gasteiger partial charge in [0.15, 0.2) is 0 Å². The molecule has 0 saturated heterocycles. The van der Waals surface area contributed by atoms with Crippen LogP contribution in [0, 0.1) is 6.92 Å². The summed E-state index contributed by atoms with van der Waals surface area (Å²) in [5.74, 6) is 0. The monoisotopic (exact) mass is 163 g/mol. The number of nitrogens with zero attached hydrogens (tertiary/aromatic N) is 3. The van der Waals surface area contributed by atoms with Crippen LogP contribution in [0.1, 0.15) is 12.6 Å². The normalized spacial score (nSPS) is 20.7. The highest BCUT2D eigenvalue weighted by molar-refractivity contribution is 5.58. The molecule has 1 unspecified atom stereocenters. The van der Waals surface area contributed by atoms with E-state index in [1.54, 1.807) is 0 Å². The van der Waals surface area contributed by atoms with Gasteiger partial charge in [-0.15, -0.1) is 0 Å². The van der Waals surface area contributed by atoms with Crippen molar-refractivity contribution in [3.8, 4) is 0 Å². The van der Waals surface area contributed by atoms with Crippen LogP contribution in [0.15, 0.2) is 14.5 Å². The van der Waals surface area contributed by atoms with Crippen molar-refractivity contribution in [3.05, 3.63) is 16.5 Å². The molecule has 0 bridgehead atoms. The number of aromatic nitrogens is 1. The summed E-state index contributed by atoms with van der Waals surface area (Å²) in [6.07, 6.45) is 3.51. The molecule has 0 saturated carbocycles. The molecule has 1 aliphatic rings. The first-order valence-corrected chi connectivity index (χ1v) is 3.81. The molecule has 0 radical (unpaired) electrons. The lowest BCUT2D eigenvalue weighted by molar-refractivity contribution is 0.379. The fourth-order valence-electron chi connectivity index (χ4n) is 1.12. The zero-order chi connectivity index (χ0) is 8.55. The van der Waals surface area contributed by atoms with E-state index in [9.17, 15) is 0 Å². The number of aliphatic imine (C=N–C) groups is 1. The van der Waals surface area contributed by atoms with E-state index in [1.165, 1.54) is 6.34 Å². The van der Waals surface area contributed by atoms with Crippen molar-refractivity contribution in [1.29, 1.82) is 0 Å². The van der Waals surface area contributed by atoms with Gasteiger partial charge in [0.1, 0.15) is 6.34 Å². The lowest BCUT2D eigenvalue weighted by atomic mass is 10.2. The molecule has 0 aliphatic carbocycles. The summed E-state index contributed by atoms with van der Waals surface area (Å²) < 4.78 is 4.98. The third-order valence-electron chi connectivity index (χ3n) is 1.77. The van der Waals surface area contributed by atoms with Gasteiger partial charge in [0, 0.05) is 0 Å². The second-order valence-corrected chi connectivity index (χ2v) is 2.79. The molecule has 2 rings (SSSR count). The van der Waals surface area contributed by atoms with Gasteiger partial charge in [-0.25, -0.2) is 0 Å². The van der Waals surface area contributed by atoms with Gasteiger partial charge in [0.25, 0.3) is 5.55 Å². The van der Waals surface area contributed by atoms with Crippen LogP contribution in [-0.4, -0.2) is 17.5 Å². The molecule has 0 aromatic carbocycles. The minimum absolute atomic E-state index is 0.146. The van der Waals surface area contributed by atoms with E-state index in [0.29, 0.717) is 5.55 Å². The van der Waals surface area contributed by atoms with E-state index in [0.717, 1.165) is 10.9 Å². The average molecular weight is 163 g/mol. The lowest BCUT2D eigenvalue weighted by Crippen LogP contribution is -2.22. The summed E-state index contributed by atoms with van der Waals surface area (Å²) in [7, 11) is 0. The van der Waals surface area contributed by atoms with Crippen molar-refractivity contribution in [3.63, 3.8) is 0 Å². The van der Waals surface area contributed by atoms with Crippen LogP contribution in [0.25, 0.3) is 6.08 Å². The fraction of sp³-hybridized carbons (Fsp3) is 0.375. The molecule has 4 heteroatoms. The first kappa shape index (κ1) is 7.21. The highest BCUT2D eigenvalue weighted by Crippen LogP contribution is 1.91. The molecule has 12 heavy (non-hydrogen) atoms. The van der Waals surface area contributed by atoms with Crippen molar-refractivity contribution in [2.45, 2.75) is 19.9 Å². The molecule has 1 aromatic heterocycles. The Labute approximate surface area is 69.3 Å². The molecule has 0 N–H and O–H groups in total. The highest BCUT2D eigenvalue weighted by Gasteiger charge is 2.03. The van der Waals surface area contributed by atoms with Crippen LogP contribution in [0.3, 0.4) is 0 Å². The van der Waals surface area contributed by atoms with Crippen LogP contribution in [0.2, 0.25) is 0 Å².